The SMILES string of the molecule is CC(=O)NC(C)c1ccc2nc(-c3ncc(Oc4cccc(OCC5CC5)c4)cc3C)oc2c1. The van der Waals surface area contributed by atoms with Gasteiger partial charge in [0.15, 0.2) is 5.58 Å². The molecule has 34 heavy (non-hydrogen) atoms. The topological polar surface area (TPSA) is 86.5 Å². The van der Waals surface area contributed by atoms with E-state index < -0.39 is 0 Å². The quantitative estimate of drug-likeness (QED) is 0.350. The van der Waals surface area contributed by atoms with Gasteiger partial charge in [-0.2, -0.15) is 0 Å². The van der Waals surface area contributed by atoms with Crippen molar-refractivity contribution in [3.05, 3.63) is 65.9 Å². The molecule has 2 aromatic carbocycles. The Kier molecular flexibility index (Phi) is 5.92. The minimum Gasteiger partial charge on any atom is -0.493 e. The molecule has 2 heterocycles. The molecule has 0 spiro atoms. The first-order valence-electron chi connectivity index (χ1n) is 11.5. The first-order valence-corrected chi connectivity index (χ1v) is 11.5. The Morgan fingerprint density at radius 1 is 1.15 bits per heavy atom. The average molecular weight is 458 g/mol. The second-order valence-electron chi connectivity index (χ2n) is 8.84. The zero-order valence-corrected chi connectivity index (χ0v) is 19.5. The Hall–Kier alpha value is -3.87. The maximum absolute atomic E-state index is 11.4. The van der Waals surface area contributed by atoms with E-state index in [-0.39, 0.29) is 11.9 Å². The lowest BCUT2D eigenvalue weighted by atomic mass is 10.1. The van der Waals surface area contributed by atoms with Gasteiger partial charge in [0.05, 0.1) is 18.8 Å². The molecule has 1 atom stereocenters. The van der Waals surface area contributed by atoms with E-state index in [9.17, 15) is 4.79 Å². The highest BCUT2D eigenvalue weighted by atomic mass is 16.5. The van der Waals surface area contributed by atoms with Crippen LogP contribution in [0.5, 0.6) is 17.2 Å². The number of nitrogens with one attached hydrogen (secondary N) is 1. The molecule has 1 amide bonds. The van der Waals surface area contributed by atoms with E-state index in [2.05, 4.69) is 15.3 Å². The molecule has 1 fully saturated rings. The standard InChI is InChI=1S/C27H27N3O4/c1-16-11-23(33-22-6-4-5-21(13-22)32-15-19-7-8-19)14-28-26(16)27-30-24-10-9-20(12-25(24)34-27)17(2)29-18(3)31/h4-6,9-14,17,19H,7-8,15H2,1-3H3,(H,29,31). The largest absolute Gasteiger partial charge is 0.493 e. The summed E-state index contributed by atoms with van der Waals surface area (Å²) in [6.45, 7) is 6.14. The molecule has 0 bridgehead atoms. The number of hydrogen-bond acceptors (Lipinski definition) is 6. The summed E-state index contributed by atoms with van der Waals surface area (Å²) in [6, 6.07) is 15.2. The molecule has 5 rings (SSSR count). The summed E-state index contributed by atoms with van der Waals surface area (Å²) in [5.74, 6) is 3.20. The zero-order chi connectivity index (χ0) is 23.7. The van der Waals surface area contributed by atoms with Crippen LogP contribution in [0.2, 0.25) is 0 Å². The number of rotatable bonds is 8. The van der Waals surface area contributed by atoms with Crippen LogP contribution < -0.4 is 14.8 Å². The van der Waals surface area contributed by atoms with Crippen LogP contribution in [0.4, 0.5) is 0 Å². The average Bonchev–Trinajstić information content (AvgIpc) is 3.54. The first kappa shape index (κ1) is 21.9. The van der Waals surface area contributed by atoms with Crippen molar-refractivity contribution in [2.45, 2.75) is 39.7 Å². The summed E-state index contributed by atoms with van der Waals surface area (Å²) in [7, 11) is 0. The molecular weight excluding hydrogens is 430 g/mol. The summed E-state index contributed by atoms with van der Waals surface area (Å²) in [6.07, 6.45) is 4.18. The molecule has 1 unspecified atom stereocenters. The Balaban J connectivity index is 1.33. The summed E-state index contributed by atoms with van der Waals surface area (Å²) in [5.41, 5.74) is 3.87. The number of oxazole rings is 1. The van der Waals surface area contributed by atoms with Crippen LogP contribution in [0.25, 0.3) is 22.7 Å². The number of aryl methyl sites for hydroxylation is 1. The number of ether oxygens (including phenoxy) is 2. The van der Waals surface area contributed by atoms with Gasteiger partial charge in [-0.3, -0.25) is 4.79 Å². The van der Waals surface area contributed by atoms with Crippen LogP contribution >= 0.6 is 0 Å². The summed E-state index contributed by atoms with van der Waals surface area (Å²) in [4.78, 5) is 20.5. The van der Waals surface area contributed by atoms with Gasteiger partial charge in [-0.05, 0) is 74.1 Å². The Labute approximate surface area is 198 Å². The van der Waals surface area contributed by atoms with Gasteiger partial charge in [0.1, 0.15) is 28.5 Å². The molecule has 1 aliphatic carbocycles. The molecule has 7 heteroatoms. The molecule has 7 nitrogen and oxygen atoms in total. The number of fused-ring (bicyclic) bond motifs is 1. The molecule has 2 aromatic heterocycles. The molecule has 0 saturated heterocycles. The fourth-order valence-electron chi connectivity index (χ4n) is 3.79. The highest BCUT2D eigenvalue weighted by Crippen LogP contribution is 2.32. The van der Waals surface area contributed by atoms with Gasteiger partial charge in [-0.25, -0.2) is 9.97 Å². The molecule has 0 aliphatic heterocycles. The second kappa shape index (κ2) is 9.17. The van der Waals surface area contributed by atoms with Crippen molar-refractivity contribution >= 4 is 17.0 Å². The van der Waals surface area contributed by atoms with E-state index >= 15 is 0 Å². The lowest BCUT2D eigenvalue weighted by Gasteiger charge is -2.12. The van der Waals surface area contributed by atoms with Crippen molar-refractivity contribution in [1.29, 1.82) is 0 Å². The second-order valence-corrected chi connectivity index (χ2v) is 8.84. The minimum absolute atomic E-state index is 0.0782. The molecule has 0 radical (unpaired) electrons. The number of carbonyl (C=O) groups excluding carboxylic acids is 1. The number of aromatic nitrogens is 2. The van der Waals surface area contributed by atoms with Gasteiger partial charge in [-0.15, -0.1) is 0 Å². The highest BCUT2D eigenvalue weighted by Gasteiger charge is 2.22. The number of benzene rings is 2. The predicted molar refractivity (Wildman–Crippen MR) is 129 cm³/mol. The Morgan fingerprint density at radius 3 is 2.74 bits per heavy atom. The first-order chi connectivity index (χ1) is 16.4. The van der Waals surface area contributed by atoms with E-state index in [0.717, 1.165) is 29.0 Å². The van der Waals surface area contributed by atoms with E-state index in [0.29, 0.717) is 34.6 Å². The molecular formula is C27H27N3O4. The van der Waals surface area contributed by atoms with Gasteiger partial charge in [0.2, 0.25) is 11.8 Å². The van der Waals surface area contributed by atoms with Gasteiger partial charge < -0.3 is 19.2 Å². The maximum atomic E-state index is 11.4. The van der Waals surface area contributed by atoms with Crippen molar-refractivity contribution in [1.82, 2.24) is 15.3 Å². The molecule has 1 aliphatic rings. The van der Waals surface area contributed by atoms with Crippen LogP contribution in [-0.2, 0) is 4.79 Å². The van der Waals surface area contributed by atoms with Gasteiger partial charge in [-0.1, -0.05) is 12.1 Å². The molecule has 1 N–H and O–H groups in total. The molecule has 4 aromatic rings. The fourth-order valence-corrected chi connectivity index (χ4v) is 3.79. The smallest absolute Gasteiger partial charge is 0.246 e. The van der Waals surface area contributed by atoms with E-state index in [1.54, 1.807) is 6.20 Å². The van der Waals surface area contributed by atoms with Crippen molar-refractivity contribution < 1.29 is 18.7 Å². The monoisotopic (exact) mass is 457 g/mol. The number of pyridine rings is 1. The number of nitrogens with zero attached hydrogens (tertiary/aromatic N) is 2. The van der Waals surface area contributed by atoms with Crippen molar-refractivity contribution in [2.24, 2.45) is 5.92 Å². The van der Waals surface area contributed by atoms with Crippen LogP contribution in [0.15, 0.2) is 59.1 Å². The highest BCUT2D eigenvalue weighted by molar-refractivity contribution is 5.78. The van der Waals surface area contributed by atoms with Crippen LogP contribution in [0, 0.1) is 12.8 Å². The third kappa shape index (κ3) is 5.03. The Morgan fingerprint density at radius 2 is 1.97 bits per heavy atom. The van der Waals surface area contributed by atoms with Crippen molar-refractivity contribution in [3.8, 4) is 28.8 Å². The van der Waals surface area contributed by atoms with Gasteiger partial charge >= 0.3 is 0 Å². The van der Waals surface area contributed by atoms with Crippen LogP contribution in [-0.4, -0.2) is 22.5 Å². The number of amides is 1. The lowest BCUT2D eigenvalue weighted by molar-refractivity contribution is -0.119. The normalized spacial score (nSPS) is 14.1. The van der Waals surface area contributed by atoms with Crippen LogP contribution in [0.3, 0.4) is 0 Å². The maximum Gasteiger partial charge on any atom is 0.246 e. The number of carbonyl (C=O) groups is 1. The zero-order valence-electron chi connectivity index (χ0n) is 19.5. The van der Waals surface area contributed by atoms with E-state index in [1.165, 1.54) is 19.8 Å². The van der Waals surface area contributed by atoms with Crippen molar-refractivity contribution in [2.75, 3.05) is 6.61 Å². The third-order valence-corrected chi connectivity index (χ3v) is 5.81. The minimum atomic E-state index is -0.121. The Bertz CT molecular complexity index is 1340. The van der Waals surface area contributed by atoms with E-state index in [1.807, 2.05) is 62.4 Å². The molecule has 174 valence electrons. The van der Waals surface area contributed by atoms with E-state index in [4.69, 9.17) is 13.9 Å². The van der Waals surface area contributed by atoms with Gasteiger partial charge in [0.25, 0.3) is 0 Å². The fraction of sp³-hybridized carbons (Fsp3) is 0.296. The molecule has 1 saturated carbocycles. The third-order valence-electron chi connectivity index (χ3n) is 5.81. The van der Waals surface area contributed by atoms with Crippen molar-refractivity contribution in [3.63, 3.8) is 0 Å². The van der Waals surface area contributed by atoms with Crippen LogP contribution in [0.1, 0.15) is 43.9 Å². The summed E-state index contributed by atoms with van der Waals surface area (Å²) < 4.78 is 17.9. The van der Waals surface area contributed by atoms with Gasteiger partial charge in [0, 0.05) is 13.0 Å². The summed E-state index contributed by atoms with van der Waals surface area (Å²) >= 11 is 0. The number of hydrogen-bond donors (Lipinski definition) is 1. The lowest BCUT2D eigenvalue weighted by Crippen LogP contribution is -2.23. The predicted octanol–water partition coefficient (Wildman–Crippen LogP) is 5.98. The summed E-state index contributed by atoms with van der Waals surface area (Å²) in [5, 5.41) is 2.88.